The van der Waals surface area contributed by atoms with E-state index in [1.54, 1.807) is 0 Å². The molecule has 144 valence electrons. The van der Waals surface area contributed by atoms with Crippen LogP contribution in [0.2, 0.25) is 0 Å². The highest BCUT2D eigenvalue weighted by Crippen LogP contribution is 2.37. The number of hydrogen-bond donors (Lipinski definition) is 0. The summed E-state index contributed by atoms with van der Waals surface area (Å²) in [6, 6.07) is 5.89. The Morgan fingerprint density at radius 2 is 2.07 bits per heavy atom. The summed E-state index contributed by atoms with van der Waals surface area (Å²) in [6.07, 6.45) is 3.73. The number of nitrogens with zero attached hydrogens (tertiary/aromatic N) is 2. The summed E-state index contributed by atoms with van der Waals surface area (Å²) in [6.45, 7) is 5.02. The Morgan fingerprint density at radius 3 is 2.81 bits per heavy atom. The average Bonchev–Trinajstić information content (AvgIpc) is 3.28. The monoisotopic (exact) mass is 370 g/mol. The van der Waals surface area contributed by atoms with Crippen LogP contribution in [0.1, 0.15) is 47.2 Å². The van der Waals surface area contributed by atoms with Crippen LogP contribution >= 0.6 is 0 Å². The summed E-state index contributed by atoms with van der Waals surface area (Å²) in [5, 5.41) is 0. The van der Waals surface area contributed by atoms with Crippen LogP contribution < -0.4 is 0 Å². The zero-order valence-corrected chi connectivity index (χ0v) is 15.6. The van der Waals surface area contributed by atoms with Gasteiger partial charge in [0.2, 0.25) is 5.91 Å². The summed E-state index contributed by atoms with van der Waals surface area (Å²) < 4.78 is 11.6. The minimum absolute atomic E-state index is 0.0868. The number of carbonyl (C=O) groups is 2. The van der Waals surface area contributed by atoms with Crippen LogP contribution in [0, 0.1) is 5.92 Å². The number of hydrogen-bond acceptors (Lipinski definition) is 4. The van der Waals surface area contributed by atoms with Gasteiger partial charge in [0.1, 0.15) is 5.60 Å². The fraction of sp³-hybridized carbons (Fsp3) is 0.619. The van der Waals surface area contributed by atoms with Crippen molar-refractivity contribution in [2.45, 2.75) is 44.5 Å². The predicted octanol–water partition coefficient (Wildman–Crippen LogP) is 1.96. The molecule has 3 saturated heterocycles. The van der Waals surface area contributed by atoms with Crippen molar-refractivity contribution in [2.75, 3.05) is 32.8 Å². The van der Waals surface area contributed by atoms with Gasteiger partial charge in [0.25, 0.3) is 5.91 Å². The number of carbonyl (C=O) groups excluding carboxylic acids is 2. The van der Waals surface area contributed by atoms with Crippen LogP contribution in [0.25, 0.3) is 0 Å². The van der Waals surface area contributed by atoms with Gasteiger partial charge >= 0.3 is 0 Å². The van der Waals surface area contributed by atoms with E-state index in [-0.39, 0.29) is 17.4 Å². The predicted molar refractivity (Wildman–Crippen MR) is 98.1 cm³/mol. The minimum atomic E-state index is -0.166. The molecule has 0 saturated carbocycles. The van der Waals surface area contributed by atoms with E-state index in [1.807, 2.05) is 28.0 Å². The maximum atomic E-state index is 12.8. The zero-order valence-electron chi connectivity index (χ0n) is 15.6. The number of fused-ring (bicyclic) bond motifs is 1. The standard InChI is InChI=1S/C21H26N2O4/c24-19-2-1-7-22(19)9-15-5-6-21(27-10-15)13-23(14-21)20(25)16-3-4-17-11-26-12-18(17)8-16/h3-4,8,15H,1-2,5-7,9-14H2/t15-/m1/s1. The quantitative estimate of drug-likeness (QED) is 0.816. The number of likely N-dealkylation sites (tertiary alicyclic amines) is 2. The molecule has 1 aromatic carbocycles. The number of amides is 2. The molecule has 0 bridgehead atoms. The summed E-state index contributed by atoms with van der Waals surface area (Å²) >= 11 is 0. The fourth-order valence-corrected chi connectivity index (χ4v) is 4.80. The highest BCUT2D eigenvalue weighted by atomic mass is 16.5. The van der Waals surface area contributed by atoms with Crippen molar-refractivity contribution in [1.29, 1.82) is 0 Å². The first-order valence-electron chi connectivity index (χ1n) is 10.0. The third-order valence-electron chi connectivity index (χ3n) is 6.50. The summed E-state index contributed by atoms with van der Waals surface area (Å²) in [4.78, 5) is 28.4. The molecule has 6 heteroatoms. The molecule has 0 aliphatic carbocycles. The van der Waals surface area contributed by atoms with Crippen LogP contribution in [-0.4, -0.2) is 60.0 Å². The van der Waals surface area contributed by atoms with E-state index >= 15 is 0 Å². The normalized spacial score (nSPS) is 26.4. The smallest absolute Gasteiger partial charge is 0.254 e. The van der Waals surface area contributed by atoms with Gasteiger partial charge in [-0.05, 0) is 42.5 Å². The van der Waals surface area contributed by atoms with E-state index in [9.17, 15) is 9.59 Å². The second kappa shape index (κ2) is 6.60. The van der Waals surface area contributed by atoms with Gasteiger partial charge in [0.15, 0.2) is 0 Å². The highest BCUT2D eigenvalue weighted by Gasteiger charge is 2.48. The van der Waals surface area contributed by atoms with Gasteiger partial charge in [-0.3, -0.25) is 9.59 Å². The average molecular weight is 370 g/mol. The first kappa shape index (κ1) is 17.2. The van der Waals surface area contributed by atoms with Gasteiger partial charge in [0.05, 0.1) is 32.9 Å². The Balaban J connectivity index is 1.14. The molecule has 6 nitrogen and oxygen atoms in total. The first-order chi connectivity index (χ1) is 13.1. The molecule has 4 aliphatic rings. The lowest BCUT2D eigenvalue weighted by Gasteiger charge is -2.53. The first-order valence-corrected chi connectivity index (χ1v) is 10.0. The molecule has 4 aliphatic heterocycles. The lowest BCUT2D eigenvalue weighted by Crippen LogP contribution is -2.66. The molecule has 0 unspecified atom stereocenters. The van der Waals surface area contributed by atoms with E-state index in [0.29, 0.717) is 45.2 Å². The Labute approximate surface area is 159 Å². The zero-order chi connectivity index (χ0) is 18.4. The van der Waals surface area contributed by atoms with Crippen molar-refractivity contribution >= 4 is 11.8 Å². The lowest BCUT2D eigenvalue weighted by atomic mass is 9.82. The molecule has 0 N–H and O–H groups in total. The Bertz CT molecular complexity index is 761. The molecule has 1 aromatic rings. The van der Waals surface area contributed by atoms with E-state index < -0.39 is 0 Å². The molecular formula is C21H26N2O4. The summed E-state index contributed by atoms with van der Waals surface area (Å²) in [7, 11) is 0. The van der Waals surface area contributed by atoms with Crippen LogP contribution in [0.15, 0.2) is 18.2 Å². The molecule has 4 heterocycles. The van der Waals surface area contributed by atoms with Crippen molar-refractivity contribution in [3.63, 3.8) is 0 Å². The van der Waals surface area contributed by atoms with E-state index in [0.717, 1.165) is 43.5 Å². The Hall–Kier alpha value is -1.92. The van der Waals surface area contributed by atoms with Gasteiger partial charge in [-0.2, -0.15) is 0 Å². The van der Waals surface area contributed by atoms with Gasteiger partial charge in [-0.25, -0.2) is 0 Å². The number of benzene rings is 1. The number of ether oxygens (including phenoxy) is 2. The molecule has 1 spiro atoms. The highest BCUT2D eigenvalue weighted by molar-refractivity contribution is 5.95. The molecule has 0 aromatic heterocycles. The topological polar surface area (TPSA) is 59.1 Å². The molecule has 2 amide bonds. The lowest BCUT2D eigenvalue weighted by molar-refractivity contribution is -0.169. The van der Waals surface area contributed by atoms with E-state index in [4.69, 9.17) is 9.47 Å². The third-order valence-corrected chi connectivity index (χ3v) is 6.50. The van der Waals surface area contributed by atoms with Crippen molar-refractivity contribution < 1.29 is 19.1 Å². The van der Waals surface area contributed by atoms with Crippen LogP contribution in [0.4, 0.5) is 0 Å². The SMILES string of the molecule is O=C1CCCN1C[C@H]1CCC2(CN(C(=O)c3ccc4c(c3)COC4)C2)OC1. The Kier molecular flexibility index (Phi) is 4.20. The molecule has 0 radical (unpaired) electrons. The molecule has 3 fully saturated rings. The summed E-state index contributed by atoms with van der Waals surface area (Å²) in [5.41, 5.74) is 2.89. The fourth-order valence-electron chi connectivity index (χ4n) is 4.80. The van der Waals surface area contributed by atoms with Gasteiger partial charge < -0.3 is 19.3 Å². The van der Waals surface area contributed by atoms with Crippen molar-refractivity contribution in [3.05, 3.63) is 34.9 Å². The van der Waals surface area contributed by atoms with Gasteiger partial charge in [-0.15, -0.1) is 0 Å². The minimum Gasteiger partial charge on any atom is -0.372 e. The number of rotatable bonds is 3. The second-order valence-electron chi connectivity index (χ2n) is 8.48. The van der Waals surface area contributed by atoms with Crippen molar-refractivity contribution in [3.8, 4) is 0 Å². The van der Waals surface area contributed by atoms with E-state index in [1.165, 1.54) is 5.56 Å². The van der Waals surface area contributed by atoms with Crippen LogP contribution in [-0.2, 0) is 27.5 Å². The van der Waals surface area contributed by atoms with E-state index in [2.05, 4.69) is 0 Å². The molecule has 5 rings (SSSR count). The molecular weight excluding hydrogens is 344 g/mol. The van der Waals surface area contributed by atoms with Crippen molar-refractivity contribution in [2.24, 2.45) is 5.92 Å². The van der Waals surface area contributed by atoms with Crippen LogP contribution in [0.3, 0.4) is 0 Å². The maximum Gasteiger partial charge on any atom is 0.254 e. The van der Waals surface area contributed by atoms with Gasteiger partial charge in [-0.1, -0.05) is 6.07 Å². The molecule has 1 atom stereocenters. The third kappa shape index (κ3) is 3.15. The second-order valence-corrected chi connectivity index (χ2v) is 8.48. The largest absolute Gasteiger partial charge is 0.372 e. The maximum absolute atomic E-state index is 12.8. The van der Waals surface area contributed by atoms with Crippen LogP contribution in [0.5, 0.6) is 0 Å². The molecule has 27 heavy (non-hydrogen) atoms. The summed E-state index contributed by atoms with van der Waals surface area (Å²) in [5.74, 6) is 0.804. The van der Waals surface area contributed by atoms with Crippen molar-refractivity contribution in [1.82, 2.24) is 9.80 Å². The Morgan fingerprint density at radius 1 is 1.22 bits per heavy atom. The van der Waals surface area contributed by atoms with Gasteiger partial charge in [0, 0.05) is 31.0 Å².